The molecule has 0 spiro atoms. The Hall–Kier alpha value is -2.29. The molecule has 0 aliphatic rings. The Balaban J connectivity index is 2.11. The Morgan fingerprint density at radius 2 is 1.73 bits per heavy atom. The predicted octanol–water partition coefficient (Wildman–Crippen LogP) is 5.36. The van der Waals surface area contributed by atoms with Crippen LogP contribution in [0, 0.1) is 19.8 Å². The maximum absolute atomic E-state index is 12.9. The van der Waals surface area contributed by atoms with E-state index in [1.165, 1.54) is 11.1 Å². The van der Waals surface area contributed by atoms with Gasteiger partial charge in [0.15, 0.2) is 6.10 Å². The van der Waals surface area contributed by atoms with Crippen LogP contribution in [0.15, 0.2) is 48.5 Å². The van der Waals surface area contributed by atoms with Gasteiger partial charge in [-0.2, -0.15) is 0 Å². The summed E-state index contributed by atoms with van der Waals surface area (Å²) in [5.74, 6) is 1.18. The van der Waals surface area contributed by atoms with Crippen molar-refractivity contribution in [1.82, 2.24) is 5.32 Å². The molecule has 2 aromatic carbocycles. The Morgan fingerprint density at radius 1 is 1.04 bits per heavy atom. The van der Waals surface area contributed by atoms with Crippen LogP contribution in [0.2, 0.25) is 0 Å². The fraction of sp³-hybridized carbons (Fsp3) is 0.435. The zero-order valence-corrected chi connectivity index (χ0v) is 16.6. The van der Waals surface area contributed by atoms with Gasteiger partial charge in [-0.05, 0) is 61.4 Å². The van der Waals surface area contributed by atoms with Crippen molar-refractivity contribution >= 4 is 5.91 Å². The normalized spacial score (nSPS) is 13.3. The van der Waals surface area contributed by atoms with Crippen LogP contribution < -0.4 is 10.1 Å². The molecule has 2 aromatic rings. The van der Waals surface area contributed by atoms with E-state index in [4.69, 9.17) is 4.74 Å². The molecule has 3 nitrogen and oxygen atoms in total. The number of carbonyl (C=O) groups excluding carboxylic acids is 1. The average molecular weight is 354 g/mol. The molecule has 140 valence electrons. The first kappa shape index (κ1) is 20.0. The van der Waals surface area contributed by atoms with E-state index in [0.29, 0.717) is 12.3 Å². The molecule has 0 saturated heterocycles. The lowest BCUT2D eigenvalue weighted by Crippen LogP contribution is -2.40. The third-order valence-electron chi connectivity index (χ3n) is 4.65. The summed E-state index contributed by atoms with van der Waals surface area (Å²) in [4.78, 5) is 12.9. The summed E-state index contributed by atoms with van der Waals surface area (Å²) in [5, 5.41) is 3.20. The average Bonchev–Trinajstić information content (AvgIpc) is 2.62. The van der Waals surface area contributed by atoms with E-state index in [-0.39, 0.29) is 11.9 Å². The van der Waals surface area contributed by atoms with Crippen LogP contribution >= 0.6 is 0 Å². The molecule has 0 unspecified atom stereocenters. The van der Waals surface area contributed by atoms with E-state index in [0.717, 1.165) is 17.7 Å². The molecule has 0 bridgehead atoms. The number of carbonyl (C=O) groups is 1. The second kappa shape index (κ2) is 9.42. The molecule has 0 heterocycles. The topological polar surface area (TPSA) is 38.3 Å². The van der Waals surface area contributed by atoms with E-state index in [1.807, 2.05) is 43.3 Å². The highest BCUT2D eigenvalue weighted by Crippen LogP contribution is 2.23. The van der Waals surface area contributed by atoms with Crippen LogP contribution in [0.5, 0.6) is 5.75 Å². The van der Waals surface area contributed by atoms with Crippen molar-refractivity contribution in [3.05, 3.63) is 65.2 Å². The Bertz CT molecular complexity index is 709. The van der Waals surface area contributed by atoms with Crippen molar-refractivity contribution in [1.29, 1.82) is 0 Å². The van der Waals surface area contributed by atoms with Gasteiger partial charge in [-0.25, -0.2) is 0 Å². The number of hydrogen-bond acceptors (Lipinski definition) is 2. The number of hydrogen-bond donors (Lipinski definition) is 1. The highest BCUT2D eigenvalue weighted by atomic mass is 16.5. The molecule has 0 fully saturated rings. The SMILES string of the molecule is CC[C@@H](Oc1ccc(C)c(C)c1)C(=O)N[C@@H](CC(C)C)c1ccccc1. The van der Waals surface area contributed by atoms with Crippen molar-refractivity contribution in [3.63, 3.8) is 0 Å². The third-order valence-corrected chi connectivity index (χ3v) is 4.65. The zero-order valence-electron chi connectivity index (χ0n) is 16.6. The Labute approximate surface area is 157 Å². The Kier molecular flexibility index (Phi) is 7.26. The predicted molar refractivity (Wildman–Crippen MR) is 107 cm³/mol. The third kappa shape index (κ3) is 5.62. The maximum atomic E-state index is 12.9. The van der Waals surface area contributed by atoms with Crippen LogP contribution in [0.25, 0.3) is 0 Å². The van der Waals surface area contributed by atoms with Gasteiger partial charge in [0.2, 0.25) is 0 Å². The molecule has 3 heteroatoms. The summed E-state index contributed by atoms with van der Waals surface area (Å²) >= 11 is 0. The minimum absolute atomic E-state index is 0.00102. The van der Waals surface area contributed by atoms with Gasteiger partial charge >= 0.3 is 0 Å². The van der Waals surface area contributed by atoms with Crippen LogP contribution in [0.1, 0.15) is 56.3 Å². The lowest BCUT2D eigenvalue weighted by Gasteiger charge is -2.24. The lowest BCUT2D eigenvalue weighted by molar-refractivity contribution is -0.129. The van der Waals surface area contributed by atoms with Gasteiger partial charge in [-0.15, -0.1) is 0 Å². The fourth-order valence-electron chi connectivity index (χ4n) is 2.97. The maximum Gasteiger partial charge on any atom is 0.261 e. The highest BCUT2D eigenvalue weighted by molar-refractivity contribution is 5.81. The summed E-state index contributed by atoms with van der Waals surface area (Å²) in [6.07, 6.45) is 1.04. The second-order valence-electron chi connectivity index (χ2n) is 7.36. The highest BCUT2D eigenvalue weighted by Gasteiger charge is 2.23. The molecule has 1 N–H and O–H groups in total. The quantitative estimate of drug-likeness (QED) is 0.693. The number of rotatable bonds is 8. The summed E-state index contributed by atoms with van der Waals surface area (Å²) in [7, 11) is 0. The Morgan fingerprint density at radius 3 is 2.31 bits per heavy atom. The monoisotopic (exact) mass is 353 g/mol. The number of benzene rings is 2. The van der Waals surface area contributed by atoms with Gasteiger partial charge in [0, 0.05) is 0 Å². The molecule has 0 aliphatic carbocycles. The second-order valence-corrected chi connectivity index (χ2v) is 7.36. The number of amides is 1. The summed E-state index contributed by atoms with van der Waals surface area (Å²) < 4.78 is 5.99. The molecular weight excluding hydrogens is 322 g/mol. The van der Waals surface area contributed by atoms with E-state index in [2.05, 4.69) is 45.1 Å². The minimum Gasteiger partial charge on any atom is -0.481 e. The van der Waals surface area contributed by atoms with Crippen molar-refractivity contribution in [3.8, 4) is 5.75 Å². The van der Waals surface area contributed by atoms with Crippen molar-refractivity contribution in [2.24, 2.45) is 5.92 Å². The molecular formula is C23H31NO2. The number of nitrogens with one attached hydrogen (secondary N) is 1. The first-order valence-electron chi connectivity index (χ1n) is 9.50. The van der Waals surface area contributed by atoms with Gasteiger partial charge in [-0.1, -0.05) is 57.2 Å². The summed E-state index contributed by atoms with van der Waals surface area (Å²) in [5.41, 5.74) is 3.52. The largest absolute Gasteiger partial charge is 0.481 e. The number of ether oxygens (including phenoxy) is 1. The molecule has 0 saturated carbocycles. The van der Waals surface area contributed by atoms with E-state index in [1.54, 1.807) is 0 Å². The van der Waals surface area contributed by atoms with Crippen molar-refractivity contribution in [2.75, 3.05) is 0 Å². The smallest absolute Gasteiger partial charge is 0.261 e. The zero-order chi connectivity index (χ0) is 19.1. The molecule has 0 aromatic heterocycles. The molecule has 2 atom stereocenters. The van der Waals surface area contributed by atoms with Crippen LogP contribution in [0.3, 0.4) is 0 Å². The molecule has 26 heavy (non-hydrogen) atoms. The standard InChI is InChI=1S/C23H31NO2/c1-6-22(26-20-13-12-17(4)18(5)15-20)23(25)24-21(14-16(2)3)19-10-8-7-9-11-19/h7-13,15-16,21-22H,6,14H2,1-5H3,(H,24,25)/t21-,22+/m0/s1. The lowest BCUT2D eigenvalue weighted by atomic mass is 9.96. The molecule has 2 rings (SSSR count). The van der Waals surface area contributed by atoms with Gasteiger partial charge < -0.3 is 10.1 Å². The summed E-state index contributed by atoms with van der Waals surface area (Å²) in [6, 6.07) is 16.1. The van der Waals surface area contributed by atoms with Crippen LogP contribution in [-0.4, -0.2) is 12.0 Å². The van der Waals surface area contributed by atoms with Crippen LogP contribution in [0.4, 0.5) is 0 Å². The van der Waals surface area contributed by atoms with E-state index in [9.17, 15) is 4.79 Å². The molecule has 0 radical (unpaired) electrons. The van der Waals surface area contributed by atoms with Gasteiger partial charge in [0.1, 0.15) is 5.75 Å². The van der Waals surface area contributed by atoms with Crippen LogP contribution in [-0.2, 0) is 4.79 Å². The van der Waals surface area contributed by atoms with E-state index < -0.39 is 6.10 Å². The minimum atomic E-state index is -0.490. The fourth-order valence-corrected chi connectivity index (χ4v) is 2.97. The first-order valence-corrected chi connectivity index (χ1v) is 9.50. The van der Waals surface area contributed by atoms with Crippen molar-refractivity contribution in [2.45, 2.75) is 59.6 Å². The van der Waals surface area contributed by atoms with Gasteiger partial charge in [-0.3, -0.25) is 4.79 Å². The molecule has 1 amide bonds. The van der Waals surface area contributed by atoms with Crippen molar-refractivity contribution < 1.29 is 9.53 Å². The number of aryl methyl sites for hydroxylation is 2. The van der Waals surface area contributed by atoms with Gasteiger partial charge in [0.05, 0.1) is 6.04 Å². The summed E-state index contributed by atoms with van der Waals surface area (Å²) in [6.45, 7) is 10.4. The van der Waals surface area contributed by atoms with Gasteiger partial charge in [0.25, 0.3) is 5.91 Å². The first-order chi connectivity index (χ1) is 12.4. The van der Waals surface area contributed by atoms with E-state index >= 15 is 0 Å². The molecule has 0 aliphatic heterocycles.